The summed E-state index contributed by atoms with van der Waals surface area (Å²) in [6, 6.07) is 13.4. The van der Waals surface area contributed by atoms with E-state index in [1.165, 1.54) is 16.0 Å². The number of esters is 1. The van der Waals surface area contributed by atoms with E-state index in [0.717, 1.165) is 60.6 Å². The van der Waals surface area contributed by atoms with Gasteiger partial charge in [-0.3, -0.25) is 4.90 Å². The molecule has 0 spiro atoms. The van der Waals surface area contributed by atoms with E-state index in [1.807, 2.05) is 12.1 Å². The molecule has 4 rings (SSSR count). The van der Waals surface area contributed by atoms with Gasteiger partial charge in [0.2, 0.25) is 0 Å². The average molecular weight is 532 g/mol. The van der Waals surface area contributed by atoms with Crippen LogP contribution < -0.4 is 4.74 Å². The van der Waals surface area contributed by atoms with Crippen LogP contribution in [0.3, 0.4) is 0 Å². The lowest BCUT2D eigenvalue weighted by Crippen LogP contribution is -2.39. The number of ether oxygens (including phenoxy) is 2. The fourth-order valence-corrected chi connectivity index (χ4v) is 5.68. The minimum atomic E-state index is -4.33. The number of benzene rings is 2. The molecular formula is C29H32F3NO3S. The number of hydrogen-bond donors (Lipinski definition) is 0. The highest BCUT2D eigenvalue weighted by Gasteiger charge is 2.32. The zero-order valence-electron chi connectivity index (χ0n) is 21.6. The van der Waals surface area contributed by atoms with Gasteiger partial charge in [-0.15, -0.1) is 11.3 Å². The van der Waals surface area contributed by atoms with E-state index in [1.54, 1.807) is 44.2 Å². The number of aryl methyl sites for hydroxylation is 1. The number of carbonyl (C=O) groups excluding carboxylic acids is 1. The molecule has 198 valence electrons. The number of halogens is 3. The standard InChI is InChI=1S/C29H32F3NO3S/c1-5-35-27(34)28(3,4)36-24-11-8-20-12-14-33(15-13-22(20)17-24)18-26-19(2)16-25(37-26)21-6-9-23(10-7-21)29(30,31)32/h6-11,16-17H,5,12-15,18H2,1-4H3. The smallest absolute Gasteiger partial charge is 0.416 e. The van der Waals surface area contributed by atoms with Crippen molar-refractivity contribution in [1.82, 2.24) is 4.90 Å². The molecule has 3 aromatic rings. The Kier molecular flexibility index (Phi) is 7.99. The minimum absolute atomic E-state index is 0.307. The van der Waals surface area contributed by atoms with Crippen molar-refractivity contribution in [2.75, 3.05) is 19.7 Å². The van der Waals surface area contributed by atoms with E-state index >= 15 is 0 Å². The summed E-state index contributed by atoms with van der Waals surface area (Å²) in [4.78, 5) is 16.8. The maximum absolute atomic E-state index is 12.9. The van der Waals surface area contributed by atoms with Crippen molar-refractivity contribution in [3.8, 4) is 16.2 Å². The van der Waals surface area contributed by atoms with E-state index < -0.39 is 23.3 Å². The Hall–Kier alpha value is -2.84. The maximum Gasteiger partial charge on any atom is 0.416 e. The van der Waals surface area contributed by atoms with E-state index in [9.17, 15) is 18.0 Å². The topological polar surface area (TPSA) is 38.8 Å². The minimum Gasteiger partial charge on any atom is -0.476 e. The van der Waals surface area contributed by atoms with Crippen molar-refractivity contribution in [2.45, 2.75) is 58.9 Å². The largest absolute Gasteiger partial charge is 0.476 e. The monoisotopic (exact) mass is 531 g/mol. The molecule has 1 aliphatic rings. The van der Waals surface area contributed by atoms with E-state index in [0.29, 0.717) is 12.4 Å². The van der Waals surface area contributed by atoms with Crippen LogP contribution in [-0.4, -0.2) is 36.2 Å². The van der Waals surface area contributed by atoms with Crippen LogP contribution in [0.5, 0.6) is 5.75 Å². The lowest BCUT2D eigenvalue weighted by atomic mass is 10.0. The zero-order valence-corrected chi connectivity index (χ0v) is 22.4. The molecular weight excluding hydrogens is 499 g/mol. The van der Waals surface area contributed by atoms with Crippen LogP contribution in [0, 0.1) is 6.92 Å². The molecule has 0 aliphatic carbocycles. The summed E-state index contributed by atoms with van der Waals surface area (Å²) in [6.45, 7) is 10.1. The molecule has 8 heteroatoms. The molecule has 0 bridgehead atoms. The molecule has 0 fully saturated rings. The first-order chi connectivity index (χ1) is 17.5. The van der Waals surface area contributed by atoms with Crippen molar-refractivity contribution >= 4 is 17.3 Å². The second kappa shape index (κ2) is 10.9. The van der Waals surface area contributed by atoms with Gasteiger partial charge >= 0.3 is 12.1 Å². The highest BCUT2D eigenvalue weighted by Crippen LogP contribution is 2.35. The Morgan fingerprint density at radius 3 is 2.32 bits per heavy atom. The van der Waals surface area contributed by atoms with E-state index in [4.69, 9.17) is 9.47 Å². The predicted molar refractivity (Wildman–Crippen MR) is 140 cm³/mol. The SMILES string of the molecule is CCOC(=O)C(C)(C)Oc1ccc2c(c1)CCN(Cc1sc(-c3ccc(C(F)(F)F)cc3)cc1C)CC2. The van der Waals surface area contributed by atoms with Crippen LogP contribution in [0.1, 0.15) is 47.9 Å². The van der Waals surface area contributed by atoms with Crippen LogP contribution in [0.2, 0.25) is 0 Å². The molecule has 0 N–H and O–H groups in total. The van der Waals surface area contributed by atoms with Gasteiger partial charge in [-0.1, -0.05) is 18.2 Å². The Balaban J connectivity index is 1.41. The maximum atomic E-state index is 12.9. The molecule has 1 aromatic heterocycles. The molecule has 0 unspecified atom stereocenters. The number of hydrogen-bond acceptors (Lipinski definition) is 5. The van der Waals surface area contributed by atoms with Gasteiger partial charge in [0.25, 0.3) is 0 Å². The fraction of sp³-hybridized carbons (Fsp3) is 0.414. The van der Waals surface area contributed by atoms with Crippen molar-refractivity contribution in [3.63, 3.8) is 0 Å². The Bertz CT molecular complexity index is 1250. The Labute approximate surface area is 220 Å². The third-order valence-electron chi connectivity index (χ3n) is 6.60. The summed E-state index contributed by atoms with van der Waals surface area (Å²) in [5.41, 5.74) is 2.74. The number of fused-ring (bicyclic) bond motifs is 1. The molecule has 0 radical (unpaired) electrons. The Morgan fingerprint density at radius 1 is 1.00 bits per heavy atom. The molecule has 1 aliphatic heterocycles. The van der Waals surface area contributed by atoms with Crippen LogP contribution in [0.4, 0.5) is 13.2 Å². The molecule has 0 saturated heterocycles. The second-order valence-corrected chi connectivity index (χ2v) is 11.0. The lowest BCUT2D eigenvalue weighted by Gasteiger charge is -2.24. The molecule has 0 amide bonds. The summed E-state index contributed by atoms with van der Waals surface area (Å²) in [6.07, 6.45) is -2.56. The first-order valence-corrected chi connectivity index (χ1v) is 13.3. The van der Waals surface area contributed by atoms with Gasteiger partial charge < -0.3 is 9.47 Å². The van der Waals surface area contributed by atoms with Crippen LogP contribution in [0.25, 0.3) is 10.4 Å². The summed E-state index contributed by atoms with van der Waals surface area (Å²) in [7, 11) is 0. The summed E-state index contributed by atoms with van der Waals surface area (Å²) >= 11 is 1.64. The highest BCUT2D eigenvalue weighted by atomic mass is 32.1. The predicted octanol–water partition coefficient (Wildman–Crippen LogP) is 7.06. The third-order valence-corrected chi connectivity index (χ3v) is 7.87. The van der Waals surface area contributed by atoms with Crippen molar-refractivity contribution < 1.29 is 27.4 Å². The quantitative estimate of drug-likeness (QED) is 0.306. The van der Waals surface area contributed by atoms with Gasteiger partial charge in [0, 0.05) is 29.4 Å². The van der Waals surface area contributed by atoms with Crippen LogP contribution in [0.15, 0.2) is 48.5 Å². The van der Waals surface area contributed by atoms with Crippen molar-refractivity contribution in [3.05, 3.63) is 75.7 Å². The van der Waals surface area contributed by atoms with E-state index in [-0.39, 0.29) is 0 Å². The van der Waals surface area contributed by atoms with Crippen molar-refractivity contribution in [2.24, 2.45) is 0 Å². The van der Waals surface area contributed by atoms with Gasteiger partial charge in [0.1, 0.15) is 5.75 Å². The first-order valence-electron chi connectivity index (χ1n) is 12.4. The molecule has 2 aromatic carbocycles. The number of alkyl halides is 3. The average Bonchev–Trinajstić information content (AvgIpc) is 3.08. The summed E-state index contributed by atoms with van der Waals surface area (Å²) in [5.74, 6) is 0.263. The van der Waals surface area contributed by atoms with E-state index in [2.05, 4.69) is 24.0 Å². The summed E-state index contributed by atoms with van der Waals surface area (Å²) in [5, 5.41) is 0. The fourth-order valence-electron chi connectivity index (χ4n) is 4.46. The number of nitrogens with zero attached hydrogens (tertiary/aromatic N) is 1. The normalized spacial score (nSPS) is 14.7. The summed E-state index contributed by atoms with van der Waals surface area (Å²) < 4.78 is 49.8. The van der Waals surface area contributed by atoms with Gasteiger partial charge in [0.05, 0.1) is 12.2 Å². The molecule has 0 saturated carbocycles. The lowest BCUT2D eigenvalue weighted by molar-refractivity contribution is -0.158. The first kappa shape index (κ1) is 27.2. The zero-order chi connectivity index (χ0) is 26.8. The van der Waals surface area contributed by atoms with Crippen LogP contribution >= 0.6 is 11.3 Å². The van der Waals surface area contributed by atoms with Gasteiger partial charge in [0.15, 0.2) is 5.60 Å². The number of thiophene rings is 1. The van der Waals surface area contributed by atoms with Crippen molar-refractivity contribution in [1.29, 1.82) is 0 Å². The number of carbonyl (C=O) groups is 1. The van der Waals surface area contributed by atoms with Gasteiger partial charge in [-0.25, -0.2) is 4.79 Å². The van der Waals surface area contributed by atoms with Crippen LogP contribution in [-0.2, 0) is 35.1 Å². The number of rotatable bonds is 7. The molecule has 2 heterocycles. The second-order valence-electron chi connectivity index (χ2n) is 9.83. The molecule has 0 atom stereocenters. The molecule has 37 heavy (non-hydrogen) atoms. The van der Waals surface area contributed by atoms with Gasteiger partial charge in [-0.05, 0) is 93.1 Å². The molecule has 4 nitrogen and oxygen atoms in total. The van der Waals surface area contributed by atoms with Gasteiger partial charge in [-0.2, -0.15) is 13.2 Å². The Morgan fingerprint density at radius 2 is 1.68 bits per heavy atom. The third kappa shape index (κ3) is 6.54. The highest BCUT2D eigenvalue weighted by molar-refractivity contribution is 7.15.